The summed E-state index contributed by atoms with van der Waals surface area (Å²) in [5, 5.41) is 6.65. The monoisotopic (exact) mass is 605 g/mol. The van der Waals surface area contributed by atoms with Gasteiger partial charge in [0.1, 0.15) is 5.54 Å². The van der Waals surface area contributed by atoms with Crippen LogP contribution in [0.3, 0.4) is 0 Å². The Hall–Kier alpha value is -4.03. The first-order valence-electron chi connectivity index (χ1n) is 16.6. The van der Waals surface area contributed by atoms with E-state index in [1.54, 1.807) is 0 Å². The third-order valence-electron chi connectivity index (χ3n) is 9.53. The summed E-state index contributed by atoms with van der Waals surface area (Å²) >= 11 is 0. The second kappa shape index (κ2) is 13.9. The minimum atomic E-state index is -0.789. The minimum absolute atomic E-state index is 0.0225. The number of oxime groups is 1. The van der Waals surface area contributed by atoms with Gasteiger partial charge in [-0.2, -0.15) is 0 Å². The number of ketones is 1. The fourth-order valence-electron chi connectivity index (χ4n) is 6.75. The van der Waals surface area contributed by atoms with Crippen LogP contribution < -0.4 is 0 Å². The van der Waals surface area contributed by atoms with Crippen LogP contribution in [0.15, 0.2) is 77.5 Å². The molecule has 45 heavy (non-hydrogen) atoms. The van der Waals surface area contributed by atoms with E-state index in [-0.39, 0.29) is 11.8 Å². The Bertz CT molecular complexity index is 1770. The molecule has 0 amide bonds. The Labute approximate surface area is 267 Å². The molecule has 0 bridgehead atoms. The third-order valence-corrected chi connectivity index (χ3v) is 9.53. The van der Waals surface area contributed by atoms with Crippen molar-refractivity contribution >= 4 is 39.3 Å². The summed E-state index contributed by atoms with van der Waals surface area (Å²) in [7, 11) is 0. The van der Waals surface area contributed by atoms with Crippen LogP contribution in [0.1, 0.15) is 100 Å². The second-order valence-electron chi connectivity index (χ2n) is 12.6. The number of carbonyl (C=O) groups is 2. The number of fused-ring (bicyclic) bond motifs is 3. The smallest absolute Gasteiger partial charge is 0.341 e. The van der Waals surface area contributed by atoms with Crippen molar-refractivity contribution < 1.29 is 14.4 Å². The molecule has 0 radical (unpaired) electrons. The van der Waals surface area contributed by atoms with Crippen LogP contribution in [0.25, 0.3) is 21.8 Å². The summed E-state index contributed by atoms with van der Waals surface area (Å²) in [5.74, 6) is -0.335. The molecule has 6 nitrogen and oxygen atoms in total. The molecule has 0 saturated heterocycles. The molecule has 0 N–H and O–H groups in total. The highest BCUT2D eigenvalue weighted by Gasteiger charge is 2.35. The van der Waals surface area contributed by atoms with Crippen molar-refractivity contribution in [3.05, 3.63) is 94.6 Å². The van der Waals surface area contributed by atoms with Gasteiger partial charge in [0.2, 0.25) is 0 Å². The van der Waals surface area contributed by atoms with Gasteiger partial charge >= 0.3 is 5.97 Å². The molecule has 6 heteroatoms. The summed E-state index contributed by atoms with van der Waals surface area (Å²) in [6.45, 7) is 14.3. The molecule has 1 aliphatic rings. The first-order valence-corrected chi connectivity index (χ1v) is 16.6. The Kier molecular flexibility index (Phi) is 10.0. The molecule has 1 heterocycles. The lowest BCUT2D eigenvalue weighted by Gasteiger charge is -2.33. The van der Waals surface area contributed by atoms with Gasteiger partial charge < -0.3 is 9.40 Å². The van der Waals surface area contributed by atoms with Crippen LogP contribution in [-0.2, 0) is 16.2 Å². The molecular weight excluding hydrogens is 558 g/mol. The molecular formula is C39H47N3O3. The number of rotatable bonds is 12. The average Bonchev–Trinajstić information content (AvgIpc) is 3.37. The number of nitrogens with zero attached hydrogens (tertiary/aromatic N) is 3. The number of aryl methyl sites for hydroxylation is 2. The normalized spacial score (nSPS) is 14.3. The van der Waals surface area contributed by atoms with Crippen molar-refractivity contribution in [2.75, 3.05) is 13.1 Å². The van der Waals surface area contributed by atoms with Crippen LogP contribution in [0.5, 0.6) is 0 Å². The van der Waals surface area contributed by atoms with Gasteiger partial charge in [-0.3, -0.25) is 9.69 Å². The predicted octanol–water partition coefficient (Wildman–Crippen LogP) is 9.00. The van der Waals surface area contributed by atoms with Gasteiger partial charge in [0.05, 0.1) is 5.71 Å². The standard InChI is InChI=1S/C39H47N3O3/c1-7-41(8-2)39(5,6)38(44)45-40-34(22-19-28-16-11-10-12-17-28)29-20-23-35-32(25-29)33-26-30(21-24-36(33)42(35)9-3)37(43)31-18-14-13-15-27(31)4/h13-16,18,20-21,23-26H,7-12,17,19,22H2,1-6H3/b40-34+. The average molecular weight is 606 g/mol. The third kappa shape index (κ3) is 6.67. The molecule has 4 aromatic rings. The Morgan fingerprint density at radius 3 is 2.20 bits per heavy atom. The summed E-state index contributed by atoms with van der Waals surface area (Å²) < 4.78 is 2.28. The molecule has 0 spiro atoms. The number of likely N-dealkylation sites (N-methyl/N-ethyl adjacent to an activating group) is 1. The molecule has 1 aromatic heterocycles. The lowest BCUT2D eigenvalue weighted by molar-refractivity contribution is -0.156. The number of aromatic nitrogens is 1. The van der Waals surface area contributed by atoms with Crippen molar-refractivity contribution in [3.63, 3.8) is 0 Å². The molecule has 0 fully saturated rings. The molecule has 236 valence electrons. The quantitative estimate of drug-likeness (QED) is 0.0532. The van der Waals surface area contributed by atoms with Crippen molar-refractivity contribution in [3.8, 4) is 0 Å². The van der Waals surface area contributed by atoms with E-state index in [4.69, 9.17) is 4.84 Å². The molecule has 5 rings (SSSR count). The molecule has 0 saturated carbocycles. The second-order valence-corrected chi connectivity index (χ2v) is 12.6. The summed E-state index contributed by atoms with van der Waals surface area (Å²) in [6, 6.07) is 20.1. The van der Waals surface area contributed by atoms with Crippen LogP contribution in [0.4, 0.5) is 0 Å². The van der Waals surface area contributed by atoms with E-state index in [9.17, 15) is 9.59 Å². The van der Waals surface area contributed by atoms with Crippen molar-refractivity contribution in [2.45, 2.75) is 92.2 Å². The molecule has 0 atom stereocenters. The Balaban J connectivity index is 1.57. The number of hydrogen-bond acceptors (Lipinski definition) is 5. The van der Waals surface area contributed by atoms with Gasteiger partial charge in [0.15, 0.2) is 5.78 Å². The van der Waals surface area contributed by atoms with Crippen molar-refractivity contribution in [1.29, 1.82) is 0 Å². The molecule has 1 aliphatic carbocycles. The number of hydrogen-bond donors (Lipinski definition) is 0. The zero-order valence-electron chi connectivity index (χ0n) is 27.8. The van der Waals surface area contributed by atoms with E-state index in [2.05, 4.69) is 51.9 Å². The molecule has 0 unspecified atom stereocenters. The van der Waals surface area contributed by atoms with Crippen LogP contribution >= 0.6 is 0 Å². The van der Waals surface area contributed by atoms with Gasteiger partial charge in [-0.1, -0.05) is 61.0 Å². The fraction of sp³-hybridized carbons (Fsp3) is 0.410. The van der Waals surface area contributed by atoms with Crippen LogP contribution in [0, 0.1) is 6.92 Å². The maximum atomic E-state index is 13.6. The first-order chi connectivity index (χ1) is 21.7. The summed E-state index contributed by atoms with van der Waals surface area (Å²) in [5.41, 5.74) is 6.90. The maximum Gasteiger partial charge on any atom is 0.354 e. The van der Waals surface area contributed by atoms with Gasteiger partial charge in [0, 0.05) is 45.0 Å². The highest BCUT2D eigenvalue weighted by Crippen LogP contribution is 2.32. The summed E-state index contributed by atoms with van der Waals surface area (Å²) in [6.07, 6.45) is 8.64. The van der Waals surface area contributed by atoms with Gasteiger partial charge in [0.25, 0.3) is 0 Å². The van der Waals surface area contributed by atoms with E-state index >= 15 is 0 Å². The zero-order chi connectivity index (χ0) is 32.1. The van der Waals surface area contributed by atoms with Crippen molar-refractivity contribution in [1.82, 2.24) is 9.47 Å². The van der Waals surface area contributed by atoms with E-state index in [1.807, 2.05) is 71.0 Å². The topological polar surface area (TPSA) is 63.9 Å². The number of allylic oxidation sites excluding steroid dienone is 2. The van der Waals surface area contributed by atoms with E-state index in [0.29, 0.717) is 12.0 Å². The van der Waals surface area contributed by atoms with E-state index in [1.165, 1.54) is 18.4 Å². The maximum absolute atomic E-state index is 13.6. The zero-order valence-corrected chi connectivity index (χ0v) is 27.8. The first kappa shape index (κ1) is 32.4. The fourth-order valence-corrected chi connectivity index (χ4v) is 6.75. The Morgan fingerprint density at radius 2 is 1.58 bits per heavy atom. The lowest BCUT2D eigenvalue weighted by atomic mass is 9.93. The highest BCUT2D eigenvalue weighted by molar-refractivity contribution is 6.16. The van der Waals surface area contributed by atoms with E-state index < -0.39 is 5.54 Å². The van der Waals surface area contributed by atoms with Crippen LogP contribution in [0.2, 0.25) is 0 Å². The van der Waals surface area contributed by atoms with Crippen molar-refractivity contribution in [2.24, 2.45) is 5.16 Å². The highest BCUT2D eigenvalue weighted by atomic mass is 16.7. The van der Waals surface area contributed by atoms with Gasteiger partial charge in [-0.25, -0.2) is 4.79 Å². The number of carbonyl (C=O) groups excluding carboxylic acids is 2. The predicted molar refractivity (Wildman–Crippen MR) is 185 cm³/mol. The summed E-state index contributed by atoms with van der Waals surface area (Å²) in [4.78, 5) is 34.7. The van der Waals surface area contributed by atoms with Gasteiger partial charge in [-0.15, -0.1) is 0 Å². The molecule has 0 aliphatic heterocycles. The number of benzene rings is 3. The van der Waals surface area contributed by atoms with Crippen LogP contribution in [-0.4, -0.2) is 45.6 Å². The largest absolute Gasteiger partial charge is 0.354 e. The lowest BCUT2D eigenvalue weighted by Crippen LogP contribution is -2.50. The van der Waals surface area contributed by atoms with E-state index in [0.717, 1.165) is 83.1 Å². The Morgan fingerprint density at radius 1 is 0.911 bits per heavy atom. The SMILES string of the molecule is CCN(CC)C(C)(C)C(=O)O/N=C(\CCC1=CCCCC1)c1ccc2c(c1)c1cc(C(=O)c3ccccc3C)ccc1n2CC. The minimum Gasteiger partial charge on any atom is -0.341 e. The van der Waals surface area contributed by atoms with Gasteiger partial charge in [-0.05, 0) is 115 Å². The molecule has 3 aromatic carbocycles.